The van der Waals surface area contributed by atoms with E-state index in [1.165, 1.54) is 0 Å². The lowest BCUT2D eigenvalue weighted by atomic mass is 10.1. The molecule has 0 aliphatic carbocycles. The van der Waals surface area contributed by atoms with Gasteiger partial charge in [-0.3, -0.25) is 4.79 Å². The van der Waals surface area contributed by atoms with Gasteiger partial charge in [0.1, 0.15) is 5.82 Å². The van der Waals surface area contributed by atoms with Gasteiger partial charge in [0.2, 0.25) is 0 Å². The van der Waals surface area contributed by atoms with Crippen LogP contribution in [-0.2, 0) is 6.54 Å². The number of rotatable bonds is 3. The third-order valence-electron chi connectivity index (χ3n) is 2.44. The Hall–Kier alpha value is -1.61. The second-order valence-electron chi connectivity index (χ2n) is 3.39. The van der Waals surface area contributed by atoms with Gasteiger partial charge in [-0.2, -0.15) is 0 Å². The standard InChI is InChI=1S/C12H11ClN2O/c1-2-15-6-5-14-12(15)9-3-4-10(8-16)11(13)7-9/h3-8H,2H2,1H3. The number of benzene rings is 1. The van der Waals surface area contributed by atoms with Crippen molar-refractivity contribution in [2.24, 2.45) is 0 Å². The van der Waals surface area contributed by atoms with Crippen molar-refractivity contribution < 1.29 is 4.79 Å². The van der Waals surface area contributed by atoms with Crippen molar-refractivity contribution in [3.63, 3.8) is 0 Å². The molecule has 3 nitrogen and oxygen atoms in total. The fourth-order valence-electron chi connectivity index (χ4n) is 1.59. The SMILES string of the molecule is CCn1ccnc1-c1ccc(C=O)c(Cl)c1. The van der Waals surface area contributed by atoms with E-state index in [9.17, 15) is 4.79 Å². The first-order chi connectivity index (χ1) is 7.76. The van der Waals surface area contributed by atoms with Gasteiger partial charge in [0, 0.05) is 30.1 Å². The molecule has 0 aliphatic rings. The van der Waals surface area contributed by atoms with Crippen LogP contribution in [0.5, 0.6) is 0 Å². The summed E-state index contributed by atoms with van der Waals surface area (Å²) in [5.74, 6) is 0.863. The minimum atomic E-state index is 0.457. The zero-order chi connectivity index (χ0) is 11.5. The highest BCUT2D eigenvalue weighted by atomic mass is 35.5. The Morgan fingerprint density at radius 1 is 1.50 bits per heavy atom. The summed E-state index contributed by atoms with van der Waals surface area (Å²) >= 11 is 5.97. The highest BCUT2D eigenvalue weighted by molar-refractivity contribution is 6.33. The first kappa shape index (κ1) is 10.9. The number of hydrogen-bond donors (Lipinski definition) is 0. The van der Waals surface area contributed by atoms with Gasteiger partial charge >= 0.3 is 0 Å². The smallest absolute Gasteiger partial charge is 0.151 e. The molecule has 0 radical (unpaired) electrons. The number of hydrogen-bond acceptors (Lipinski definition) is 2. The second kappa shape index (κ2) is 4.49. The first-order valence-electron chi connectivity index (χ1n) is 5.02. The molecule has 1 aromatic heterocycles. The monoisotopic (exact) mass is 234 g/mol. The Kier molecular flexibility index (Phi) is 3.06. The van der Waals surface area contributed by atoms with Crippen LogP contribution >= 0.6 is 11.6 Å². The summed E-state index contributed by atoms with van der Waals surface area (Å²) in [6.07, 6.45) is 4.41. The summed E-state index contributed by atoms with van der Waals surface area (Å²) < 4.78 is 2.02. The van der Waals surface area contributed by atoms with E-state index in [0.717, 1.165) is 24.2 Å². The molecule has 2 rings (SSSR count). The molecule has 0 amide bonds. The summed E-state index contributed by atoms with van der Waals surface area (Å²) in [6, 6.07) is 5.32. The van der Waals surface area contributed by atoms with Crippen LogP contribution in [0.4, 0.5) is 0 Å². The maximum absolute atomic E-state index is 10.6. The van der Waals surface area contributed by atoms with Crippen LogP contribution in [0, 0.1) is 0 Å². The van der Waals surface area contributed by atoms with Crippen LogP contribution in [0.3, 0.4) is 0 Å². The number of aldehydes is 1. The summed E-state index contributed by atoms with van der Waals surface area (Å²) in [4.78, 5) is 14.9. The Morgan fingerprint density at radius 3 is 2.94 bits per heavy atom. The summed E-state index contributed by atoms with van der Waals surface area (Å²) in [7, 11) is 0. The molecule has 0 fully saturated rings. The van der Waals surface area contributed by atoms with Gasteiger partial charge in [0.15, 0.2) is 6.29 Å². The van der Waals surface area contributed by atoms with Gasteiger partial charge in [-0.25, -0.2) is 4.98 Å². The molecule has 0 unspecified atom stereocenters. The predicted molar refractivity (Wildman–Crippen MR) is 63.7 cm³/mol. The average Bonchev–Trinajstić information content (AvgIpc) is 2.77. The molecule has 0 bridgehead atoms. The quantitative estimate of drug-likeness (QED) is 0.766. The number of nitrogens with zero attached hydrogens (tertiary/aromatic N) is 2. The number of aromatic nitrogens is 2. The maximum Gasteiger partial charge on any atom is 0.151 e. The van der Waals surface area contributed by atoms with Crippen molar-refractivity contribution in [3.8, 4) is 11.4 Å². The molecule has 1 aromatic carbocycles. The number of imidazole rings is 1. The lowest BCUT2D eigenvalue weighted by Gasteiger charge is -2.05. The molecule has 0 aliphatic heterocycles. The average molecular weight is 235 g/mol. The second-order valence-corrected chi connectivity index (χ2v) is 3.80. The molecule has 2 aromatic rings. The van der Waals surface area contributed by atoms with Crippen LogP contribution in [0.2, 0.25) is 5.02 Å². The largest absolute Gasteiger partial charge is 0.331 e. The maximum atomic E-state index is 10.6. The molecule has 0 N–H and O–H groups in total. The van der Waals surface area contributed by atoms with Crippen LogP contribution in [0.25, 0.3) is 11.4 Å². The molecule has 16 heavy (non-hydrogen) atoms. The van der Waals surface area contributed by atoms with Gasteiger partial charge in [0.25, 0.3) is 0 Å². The number of carbonyl (C=O) groups is 1. The summed E-state index contributed by atoms with van der Waals surface area (Å²) in [5, 5.41) is 0.457. The van der Waals surface area contributed by atoms with Gasteiger partial charge < -0.3 is 4.57 Å². The van der Waals surface area contributed by atoms with Crippen LogP contribution in [-0.4, -0.2) is 15.8 Å². The molecule has 0 spiro atoms. The molecule has 1 heterocycles. The van der Waals surface area contributed by atoms with E-state index in [1.807, 2.05) is 23.8 Å². The van der Waals surface area contributed by atoms with Crippen LogP contribution < -0.4 is 0 Å². The number of halogens is 1. The fourth-order valence-corrected chi connectivity index (χ4v) is 1.81. The number of carbonyl (C=O) groups excluding carboxylic acids is 1. The van der Waals surface area contributed by atoms with Crippen molar-refractivity contribution in [2.45, 2.75) is 13.5 Å². The lowest BCUT2D eigenvalue weighted by molar-refractivity contribution is 0.112. The van der Waals surface area contributed by atoms with Crippen molar-refractivity contribution in [1.82, 2.24) is 9.55 Å². The predicted octanol–water partition coefficient (Wildman–Crippen LogP) is 3.04. The summed E-state index contributed by atoms with van der Waals surface area (Å²) in [5.41, 5.74) is 1.42. The molecule has 0 saturated carbocycles. The number of aryl methyl sites for hydroxylation is 1. The van der Waals surface area contributed by atoms with E-state index in [-0.39, 0.29) is 0 Å². The Bertz CT molecular complexity index is 519. The van der Waals surface area contributed by atoms with E-state index in [4.69, 9.17) is 11.6 Å². The zero-order valence-electron chi connectivity index (χ0n) is 8.85. The molecular formula is C12H11ClN2O. The van der Waals surface area contributed by atoms with E-state index >= 15 is 0 Å². The van der Waals surface area contributed by atoms with E-state index in [0.29, 0.717) is 10.6 Å². The minimum Gasteiger partial charge on any atom is -0.331 e. The topological polar surface area (TPSA) is 34.9 Å². The van der Waals surface area contributed by atoms with Gasteiger partial charge in [0.05, 0.1) is 5.02 Å². The minimum absolute atomic E-state index is 0.457. The van der Waals surface area contributed by atoms with Gasteiger partial charge in [-0.05, 0) is 19.1 Å². The van der Waals surface area contributed by atoms with Crippen LogP contribution in [0.15, 0.2) is 30.6 Å². The van der Waals surface area contributed by atoms with Crippen LogP contribution in [0.1, 0.15) is 17.3 Å². The normalized spacial score (nSPS) is 10.4. The zero-order valence-corrected chi connectivity index (χ0v) is 9.61. The van der Waals surface area contributed by atoms with E-state index in [1.54, 1.807) is 18.3 Å². The van der Waals surface area contributed by atoms with Crippen molar-refractivity contribution in [3.05, 3.63) is 41.2 Å². The lowest BCUT2D eigenvalue weighted by Crippen LogP contribution is -1.96. The highest BCUT2D eigenvalue weighted by Crippen LogP contribution is 2.23. The molecule has 4 heteroatoms. The van der Waals surface area contributed by atoms with E-state index in [2.05, 4.69) is 4.98 Å². The third kappa shape index (κ3) is 1.86. The molecular weight excluding hydrogens is 224 g/mol. The van der Waals surface area contributed by atoms with Crippen molar-refractivity contribution in [2.75, 3.05) is 0 Å². The van der Waals surface area contributed by atoms with Gasteiger partial charge in [-0.1, -0.05) is 17.7 Å². The van der Waals surface area contributed by atoms with E-state index < -0.39 is 0 Å². The van der Waals surface area contributed by atoms with Crippen molar-refractivity contribution >= 4 is 17.9 Å². The molecule has 82 valence electrons. The Morgan fingerprint density at radius 2 is 2.31 bits per heavy atom. The Balaban J connectivity index is 2.49. The molecule has 0 saturated heterocycles. The fraction of sp³-hybridized carbons (Fsp3) is 0.167. The molecule has 0 atom stereocenters. The van der Waals surface area contributed by atoms with Gasteiger partial charge in [-0.15, -0.1) is 0 Å². The van der Waals surface area contributed by atoms with Crippen molar-refractivity contribution in [1.29, 1.82) is 0 Å². The summed E-state index contributed by atoms with van der Waals surface area (Å²) in [6.45, 7) is 2.90. The first-order valence-corrected chi connectivity index (χ1v) is 5.40. The highest BCUT2D eigenvalue weighted by Gasteiger charge is 2.07. The third-order valence-corrected chi connectivity index (χ3v) is 2.77. The Labute approximate surface area is 98.7 Å².